The molecule has 2 rings (SSSR count). The summed E-state index contributed by atoms with van der Waals surface area (Å²) in [6, 6.07) is 2.12. The molecule has 0 spiro atoms. The van der Waals surface area contributed by atoms with Gasteiger partial charge in [0.1, 0.15) is 5.69 Å². The fraction of sp³-hybridized carbons (Fsp3) is 0.583. The van der Waals surface area contributed by atoms with Crippen LogP contribution in [0.2, 0.25) is 0 Å². The van der Waals surface area contributed by atoms with Gasteiger partial charge >= 0.3 is 0 Å². The zero-order valence-corrected chi connectivity index (χ0v) is 11.3. The summed E-state index contributed by atoms with van der Waals surface area (Å²) in [5, 5.41) is 2.79. The number of nitrogens with one attached hydrogen (secondary N) is 1. The highest BCUT2D eigenvalue weighted by Crippen LogP contribution is 2.37. The summed E-state index contributed by atoms with van der Waals surface area (Å²) in [6.45, 7) is 2.31. The van der Waals surface area contributed by atoms with Crippen molar-refractivity contribution in [1.29, 1.82) is 0 Å². The molecule has 1 fully saturated rings. The first-order valence-electron chi connectivity index (χ1n) is 6.22. The van der Waals surface area contributed by atoms with E-state index in [0.29, 0.717) is 35.5 Å². The summed E-state index contributed by atoms with van der Waals surface area (Å²) in [7, 11) is -0.843. The van der Waals surface area contributed by atoms with Gasteiger partial charge in [-0.3, -0.25) is 9.00 Å². The van der Waals surface area contributed by atoms with Crippen molar-refractivity contribution in [1.82, 2.24) is 9.88 Å². The maximum absolute atomic E-state index is 12.0. The van der Waals surface area contributed by atoms with Gasteiger partial charge in [-0.2, -0.15) is 0 Å². The fourth-order valence-electron chi connectivity index (χ4n) is 1.85. The van der Waals surface area contributed by atoms with Crippen molar-refractivity contribution in [3.05, 3.63) is 18.0 Å². The minimum absolute atomic E-state index is 0.133. The number of nitrogens with two attached hydrogens (primary N) is 1. The van der Waals surface area contributed by atoms with E-state index in [9.17, 15) is 9.00 Å². The van der Waals surface area contributed by atoms with Gasteiger partial charge < -0.3 is 15.6 Å². The van der Waals surface area contributed by atoms with Crippen molar-refractivity contribution in [3.63, 3.8) is 0 Å². The van der Waals surface area contributed by atoms with Crippen LogP contribution in [0.4, 0.5) is 5.69 Å². The van der Waals surface area contributed by atoms with E-state index in [-0.39, 0.29) is 5.91 Å². The molecule has 1 aliphatic carbocycles. The van der Waals surface area contributed by atoms with Gasteiger partial charge in [0, 0.05) is 41.1 Å². The summed E-state index contributed by atoms with van der Waals surface area (Å²) in [4.78, 5) is 12.0. The normalized spacial score (nSPS) is 16.5. The summed E-state index contributed by atoms with van der Waals surface area (Å²) in [5.74, 6) is 0.995. The van der Waals surface area contributed by atoms with Crippen LogP contribution in [-0.4, -0.2) is 32.7 Å². The van der Waals surface area contributed by atoms with Crippen LogP contribution >= 0.6 is 0 Å². The third-order valence-electron chi connectivity index (χ3n) is 2.98. The molecule has 0 aliphatic heterocycles. The van der Waals surface area contributed by atoms with Crippen LogP contribution in [0.15, 0.2) is 12.3 Å². The van der Waals surface area contributed by atoms with E-state index in [1.807, 2.05) is 17.7 Å². The number of amides is 1. The Hall–Kier alpha value is -1.30. The van der Waals surface area contributed by atoms with E-state index in [4.69, 9.17) is 5.73 Å². The van der Waals surface area contributed by atoms with E-state index in [0.717, 1.165) is 12.8 Å². The monoisotopic (exact) mass is 269 g/mol. The second kappa shape index (κ2) is 5.56. The molecule has 18 heavy (non-hydrogen) atoms. The number of rotatable bonds is 6. The first-order chi connectivity index (χ1) is 8.61. The van der Waals surface area contributed by atoms with Gasteiger partial charge in [-0.25, -0.2) is 0 Å². The zero-order chi connectivity index (χ0) is 13.1. The van der Waals surface area contributed by atoms with E-state index < -0.39 is 10.8 Å². The number of hydrogen-bond acceptors (Lipinski definition) is 3. The third kappa shape index (κ3) is 3.13. The molecule has 0 radical (unpaired) electrons. The SMILES string of the molecule is CCS(=O)CCNC(=O)c1cc(N)cn1C1CC1. The summed E-state index contributed by atoms with van der Waals surface area (Å²) < 4.78 is 13.2. The molecule has 1 aromatic heterocycles. The van der Waals surface area contributed by atoms with Crippen molar-refractivity contribution < 1.29 is 9.00 Å². The lowest BCUT2D eigenvalue weighted by molar-refractivity contribution is 0.0946. The first kappa shape index (κ1) is 13.1. The lowest BCUT2D eigenvalue weighted by Gasteiger charge is -2.08. The van der Waals surface area contributed by atoms with Crippen LogP contribution in [0.5, 0.6) is 0 Å². The van der Waals surface area contributed by atoms with Gasteiger partial charge in [0.15, 0.2) is 0 Å². The zero-order valence-electron chi connectivity index (χ0n) is 10.5. The van der Waals surface area contributed by atoms with Gasteiger partial charge in [-0.05, 0) is 18.9 Å². The molecule has 1 saturated carbocycles. The molecule has 1 heterocycles. The molecule has 3 N–H and O–H groups in total. The van der Waals surface area contributed by atoms with Crippen LogP contribution in [0.1, 0.15) is 36.3 Å². The molecule has 1 amide bonds. The summed E-state index contributed by atoms with van der Waals surface area (Å²) in [6.07, 6.45) is 4.03. The van der Waals surface area contributed by atoms with Crippen molar-refractivity contribution in [3.8, 4) is 0 Å². The van der Waals surface area contributed by atoms with E-state index in [2.05, 4.69) is 5.32 Å². The Balaban J connectivity index is 1.94. The summed E-state index contributed by atoms with van der Waals surface area (Å²) in [5.41, 5.74) is 6.96. The van der Waals surface area contributed by atoms with Gasteiger partial charge in [-0.15, -0.1) is 0 Å². The fourth-order valence-corrected chi connectivity index (χ4v) is 2.47. The van der Waals surface area contributed by atoms with Crippen molar-refractivity contribution in [2.75, 3.05) is 23.8 Å². The molecule has 0 aromatic carbocycles. The molecule has 1 unspecified atom stereocenters. The summed E-state index contributed by atoms with van der Waals surface area (Å²) >= 11 is 0. The Morgan fingerprint density at radius 2 is 2.33 bits per heavy atom. The number of nitrogen functional groups attached to an aromatic ring is 1. The van der Waals surface area contributed by atoms with Gasteiger partial charge in [0.2, 0.25) is 0 Å². The number of aromatic nitrogens is 1. The average molecular weight is 269 g/mol. The third-order valence-corrected chi connectivity index (χ3v) is 4.28. The maximum atomic E-state index is 12.0. The average Bonchev–Trinajstić information content (AvgIpc) is 3.12. The number of carbonyl (C=O) groups is 1. The maximum Gasteiger partial charge on any atom is 0.268 e. The molecule has 6 heteroatoms. The Morgan fingerprint density at radius 3 is 2.94 bits per heavy atom. The minimum atomic E-state index is -0.843. The molecule has 0 bridgehead atoms. The number of carbonyl (C=O) groups excluding carboxylic acids is 1. The molecule has 1 atom stereocenters. The highest BCUT2D eigenvalue weighted by atomic mass is 32.2. The highest BCUT2D eigenvalue weighted by molar-refractivity contribution is 7.84. The highest BCUT2D eigenvalue weighted by Gasteiger charge is 2.27. The van der Waals surface area contributed by atoms with Crippen LogP contribution in [0.25, 0.3) is 0 Å². The van der Waals surface area contributed by atoms with Gasteiger partial charge in [-0.1, -0.05) is 6.92 Å². The molecule has 0 saturated heterocycles. The standard InChI is InChI=1S/C12H19N3O2S/c1-2-18(17)6-5-14-12(16)11-7-9(13)8-15(11)10-3-4-10/h7-8,10H,2-6,13H2,1H3,(H,14,16). The first-order valence-corrected chi connectivity index (χ1v) is 7.71. The topological polar surface area (TPSA) is 77.1 Å². The van der Waals surface area contributed by atoms with Crippen molar-refractivity contribution in [2.24, 2.45) is 0 Å². The van der Waals surface area contributed by atoms with Gasteiger partial charge in [0.05, 0.1) is 5.69 Å². The molecule has 5 nitrogen and oxygen atoms in total. The van der Waals surface area contributed by atoms with E-state index in [1.165, 1.54) is 0 Å². The van der Waals surface area contributed by atoms with E-state index in [1.54, 1.807) is 6.07 Å². The Kier molecular flexibility index (Phi) is 4.06. The lowest BCUT2D eigenvalue weighted by Crippen LogP contribution is -2.29. The lowest BCUT2D eigenvalue weighted by atomic mass is 10.3. The smallest absolute Gasteiger partial charge is 0.268 e. The number of anilines is 1. The van der Waals surface area contributed by atoms with E-state index >= 15 is 0 Å². The molecular weight excluding hydrogens is 250 g/mol. The second-order valence-electron chi connectivity index (χ2n) is 4.49. The quantitative estimate of drug-likeness (QED) is 0.805. The largest absolute Gasteiger partial charge is 0.397 e. The predicted molar refractivity (Wildman–Crippen MR) is 73.0 cm³/mol. The Morgan fingerprint density at radius 1 is 1.61 bits per heavy atom. The van der Waals surface area contributed by atoms with Gasteiger partial charge in [0.25, 0.3) is 5.91 Å². The molecule has 1 aromatic rings. The second-order valence-corrected chi connectivity index (χ2v) is 6.35. The van der Waals surface area contributed by atoms with Crippen molar-refractivity contribution >= 4 is 22.4 Å². The number of nitrogens with zero attached hydrogens (tertiary/aromatic N) is 1. The van der Waals surface area contributed by atoms with Crippen LogP contribution in [0.3, 0.4) is 0 Å². The Labute approximate surface area is 109 Å². The number of hydrogen-bond donors (Lipinski definition) is 2. The molecule has 1 aliphatic rings. The molecule has 100 valence electrons. The molecular formula is C12H19N3O2S. The predicted octanol–water partition coefficient (Wildman–Crippen LogP) is 0.904. The van der Waals surface area contributed by atoms with Crippen LogP contribution in [0, 0.1) is 0 Å². The van der Waals surface area contributed by atoms with Crippen LogP contribution < -0.4 is 11.1 Å². The Bertz CT molecular complexity index is 466. The minimum Gasteiger partial charge on any atom is -0.397 e. The van der Waals surface area contributed by atoms with Crippen LogP contribution in [-0.2, 0) is 10.8 Å². The van der Waals surface area contributed by atoms with Crippen molar-refractivity contribution in [2.45, 2.75) is 25.8 Å².